The summed E-state index contributed by atoms with van der Waals surface area (Å²) in [4.78, 5) is 28.9. The van der Waals surface area contributed by atoms with Gasteiger partial charge in [0, 0.05) is 12.6 Å². The minimum Gasteiger partial charge on any atom is -0.466 e. The second kappa shape index (κ2) is 10.0. The van der Waals surface area contributed by atoms with Gasteiger partial charge in [-0.3, -0.25) is 14.5 Å². The van der Waals surface area contributed by atoms with Crippen LogP contribution in [0.2, 0.25) is 0 Å². The minimum atomic E-state index is -0.196. The van der Waals surface area contributed by atoms with Gasteiger partial charge in [-0.15, -0.1) is 0 Å². The average Bonchev–Trinajstić information content (AvgIpc) is 2.58. The second-order valence-electron chi connectivity index (χ2n) is 7.39. The zero-order valence-corrected chi connectivity index (χ0v) is 15.5. The molecule has 0 aromatic carbocycles. The third kappa shape index (κ3) is 6.08. The maximum atomic E-state index is 12.9. The number of ether oxygens (including phenoxy) is 1. The molecule has 0 aromatic heterocycles. The molecule has 5 heteroatoms. The van der Waals surface area contributed by atoms with Crippen LogP contribution >= 0.6 is 0 Å². The molecular weight excluding hydrogens is 304 g/mol. The van der Waals surface area contributed by atoms with Crippen LogP contribution in [-0.4, -0.2) is 60.5 Å². The molecule has 0 unspecified atom stereocenters. The summed E-state index contributed by atoms with van der Waals surface area (Å²) in [5.74, 6) is 0.772. The van der Waals surface area contributed by atoms with E-state index < -0.39 is 0 Å². The molecule has 24 heavy (non-hydrogen) atoms. The Balaban J connectivity index is 1.90. The highest BCUT2D eigenvalue weighted by Gasteiger charge is 2.28. The van der Waals surface area contributed by atoms with Crippen molar-refractivity contribution in [2.75, 3.05) is 32.8 Å². The third-order valence-electron chi connectivity index (χ3n) is 5.43. The zero-order chi connectivity index (χ0) is 17.4. The number of esters is 1. The van der Waals surface area contributed by atoms with Gasteiger partial charge in [-0.05, 0) is 51.6 Å². The molecule has 138 valence electrons. The monoisotopic (exact) mass is 338 g/mol. The normalized spacial score (nSPS) is 20.8. The lowest BCUT2D eigenvalue weighted by molar-refractivity contribution is -0.145. The Hall–Kier alpha value is -1.10. The first-order valence-corrected chi connectivity index (χ1v) is 9.77. The molecule has 1 heterocycles. The zero-order valence-electron chi connectivity index (χ0n) is 15.5. The van der Waals surface area contributed by atoms with Crippen LogP contribution in [-0.2, 0) is 14.3 Å². The molecule has 0 N–H and O–H groups in total. The first-order chi connectivity index (χ1) is 11.6. The Kier molecular flexibility index (Phi) is 8.03. The van der Waals surface area contributed by atoms with Gasteiger partial charge in [0.2, 0.25) is 5.91 Å². The maximum Gasteiger partial charge on any atom is 0.307 e. The van der Waals surface area contributed by atoms with Crippen LogP contribution in [0.15, 0.2) is 0 Å². The fourth-order valence-electron chi connectivity index (χ4n) is 3.85. The molecular formula is C19H34N2O3. The fraction of sp³-hybridized carbons (Fsp3) is 0.895. The summed E-state index contributed by atoms with van der Waals surface area (Å²) in [6.45, 7) is 7.56. The number of carbonyl (C=O) groups excluding carboxylic acids is 2. The molecule has 1 saturated carbocycles. The van der Waals surface area contributed by atoms with Gasteiger partial charge in [0.25, 0.3) is 0 Å². The molecule has 2 rings (SSSR count). The van der Waals surface area contributed by atoms with E-state index in [9.17, 15) is 9.59 Å². The van der Waals surface area contributed by atoms with Crippen molar-refractivity contribution < 1.29 is 14.3 Å². The van der Waals surface area contributed by atoms with Gasteiger partial charge in [-0.2, -0.15) is 0 Å². The number of likely N-dealkylation sites (tertiary alicyclic amines) is 1. The fourth-order valence-corrected chi connectivity index (χ4v) is 3.85. The van der Waals surface area contributed by atoms with Crippen LogP contribution in [0.5, 0.6) is 0 Å². The van der Waals surface area contributed by atoms with Crippen molar-refractivity contribution >= 4 is 11.9 Å². The minimum absolute atomic E-state index is 0.195. The van der Waals surface area contributed by atoms with E-state index in [0.717, 1.165) is 31.8 Å². The molecule has 0 spiro atoms. The number of hydrogen-bond acceptors (Lipinski definition) is 4. The topological polar surface area (TPSA) is 49.9 Å². The van der Waals surface area contributed by atoms with Gasteiger partial charge >= 0.3 is 5.97 Å². The summed E-state index contributed by atoms with van der Waals surface area (Å²) in [7, 11) is 0. The molecule has 2 aliphatic rings. The Morgan fingerprint density at radius 1 is 1.08 bits per heavy atom. The molecule has 0 radical (unpaired) electrons. The van der Waals surface area contributed by atoms with E-state index in [4.69, 9.17) is 4.74 Å². The van der Waals surface area contributed by atoms with E-state index in [0.29, 0.717) is 32.2 Å². The lowest BCUT2D eigenvalue weighted by Crippen LogP contribution is -2.48. The number of carbonyl (C=O) groups is 2. The molecule has 2 fully saturated rings. The predicted octanol–water partition coefficient (Wildman–Crippen LogP) is 2.83. The predicted molar refractivity (Wildman–Crippen MR) is 94.7 cm³/mol. The molecule has 1 aliphatic heterocycles. The highest BCUT2D eigenvalue weighted by Crippen LogP contribution is 2.24. The quantitative estimate of drug-likeness (QED) is 0.670. The molecule has 1 amide bonds. The molecule has 1 aliphatic carbocycles. The lowest BCUT2D eigenvalue weighted by atomic mass is 9.93. The number of nitrogens with zero attached hydrogens (tertiary/aromatic N) is 2. The van der Waals surface area contributed by atoms with Crippen LogP contribution in [0, 0.1) is 5.92 Å². The molecule has 0 atom stereocenters. The van der Waals surface area contributed by atoms with Gasteiger partial charge in [0.05, 0.1) is 19.6 Å². The molecule has 0 bridgehead atoms. The summed E-state index contributed by atoms with van der Waals surface area (Å²) in [5, 5.41) is 0. The Labute approximate surface area is 146 Å². The lowest BCUT2D eigenvalue weighted by Gasteiger charge is -2.37. The van der Waals surface area contributed by atoms with Gasteiger partial charge in [-0.25, -0.2) is 0 Å². The van der Waals surface area contributed by atoms with Crippen molar-refractivity contribution in [1.29, 1.82) is 0 Å². The van der Waals surface area contributed by atoms with E-state index in [1.54, 1.807) is 0 Å². The van der Waals surface area contributed by atoms with Crippen molar-refractivity contribution in [3.05, 3.63) is 0 Å². The molecule has 0 aromatic rings. The number of piperidine rings is 1. The first kappa shape index (κ1) is 19.2. The van der Waals surface area contributed by atoms with E-state index in [1.807, 2.05) is 11.8 Å². The Morgan fingerprint density at radius 2 is 1.75 bits per heavy atom. The number of amides is 1. The number of hydrogen-bond donors (Lipinski definition) is 0. The second-order valence-corrected chi connectivity index (χ2v) is 7.39. The van der Waals surface area contributed by atoms with Gasteiger partial charge < -0.3 is 9.64 Å². The smallest absolute Gasteiger partial charge is 0.307 e. The van der Waals surface area contributed by atoms with Gasteiger partial charge in [-0.1, -0.05) is 26.2 Å². The SMILES string of the molecule is CCOC(=O)CCN(C(=O)CN1CCC(C)CC1)C1CCCCC1. The summed E-state index contributed by atoms with van der Waals surface area (Å²) in [6, 6.07) is 0.310. The third-order valence-corrected chi connectivity index (χ3v) is 5.43. The Bertz CT molecular complexity index is 399. The van der Waals surface area contributed by atoms with E-state index in [2.05, 4.69) is 11.8 Å². The summed E-state index contributed by atoms with van der Waals surface area (Å²) in [5.41, 5.74) is 0. The summed E-state index contributed by atoms with van der Waals surface area (Å²) >= 11 is 0. The Morgan fingerprint density at radius 3 is 2.38 bits per heavy atom. The van der Waals surface area contributed by atoms with Crippen LogP contribution in [0.3, 0.4) is 0 Å². The van der Waals surface area contributed by atoms with Gasteiger partial charge in [0.15, 0.2) is 0 Å². The van der Waals surface area contributed by atoms with Crippen LogP contribution in [0.4, 0.5) is 0 Å². The van der Waals surface area contributed by atoms with Crippen molar-refractivity contribution in [3.63, 3.8) is 0 Å². The highest BCUT2D eigenvalue weighted by atomic mass is 16.5. The summed E-state index contributed by atoms with van der Waals surface area (Å²) in [6.07, 6.45) is 8.47. The molecule has 5 nitrogen and oxygen atoms in total. The first-order valence-electron chi connectivity index (χ1n) is 9.77. The van der Waals surface area contributed by atoms with E-state index >= 15 is 0 Å². The summed E-state index contributed by atoms with van der Waals surface area (Å²) < 4.78 is 5.03. The van der Waals surface area contributed by atoms with Crippen molar-refractivity contribution in [1.82, 2.24) is 9.80 Å². The van der Waals surface area contributed by atoms with Crippen LogP contribution < -0.4 is 0 Å². The highest BCUT2D eigenvalue weighted by molar-refractivity contribution is 5.79. The average molecular weight is 338 g/mol. The molecule has 1 saturated heterocycles. The van der Waals surface area contributed by atoms with E-state index in [-0.39, 0.29) is 11.9 Å². The van der Waals surface area contributed by atoms with Gasteiger partial charge in [0.1, 0.15) is 0 Å². The van der Waals surface area contributed by atoms with Crippen LogP contribution in [0.1, 0.15) is 65.2 Å². The van der Waals surface area contributed by atoms with Crippen molar-refractivity contribution in [2.45, 2.75) is 71.3 Å². The standard InChI is InChI=1S/C19H34N2O3/c1-3-24-19(23)11-14-21(17-7-5-4-6-8-17)18(22)15-20-12-9-16(2)10-13-20/h16-17H,3-15H2,1-2H3. The van der Waals surface area contributed by atoms with E-state index in [1.165, 1.54) is 32.1 Å². The van der Waals surface area contributed by atoms with Crippen LogP contribution in [0.25, 0.3) is 0 Å². The van der Waals surface area contributed by atoms with Crippen molar-refractivity contribution in [3.8, 4) is 0 Å². The maximum absolute atomic E-state index is 12.9. The number of rotatable bonds is 7. The van der Waals surface area contributed by atoms with Crippen molar-refractivity contribution in [2.24, 2.45) is 5.92 Å². The largest absolute Gasteiger partial charge is 0.466 e.